The van der Waals surface area contributed by atoms with Gasteiger partial charge in [-0.05, 0) is 42.8 Å². The molecule has 10 heteroatoms. The molecule has 10 nitrogen and oxygen atoms in total. The molecule has 0 atom stereocenters. The molecule has 0 saturated heterocycles. The third-order valence-electron chi connectivity index (χ3n) is 4.28. The van der Waals surface area contributed by atoms with E-state index in [4.69, 9.17) is 4.74 Å². The maximum Gasteiger partial charge on any atom is 0.335 e. The molecule has 154 valence electrons. The molecule has 0 aliphatic heterocycles. The second-order valence-corrected chi connectivity index (χ2v) is 6.08. The third kappa shape index (κ3) is 4.12. The zero-order valence-electron chi connectivity index (χ0n) is 16.2. The van der Waals surface area contributed by atoms with Crippen LogP contribution in [0.1, 0.15) is 29.3 Å². The predicted octanol–water partition coefficient (Wildman–Crippen LogP) is 1.18. The highest BCUT2D eigenvalue weighted by Crippen LogP contribution is 2.20. The quantitative estimate of drug-likeness (QED) is 0.413. The van der Waals surface area contributed by atoms with Crippen LogP contribution in [-0.2, 0) is 0 Å². The monoisotopic (exact) mass is 409 g/mol. The lowest BCUT2D eigenvalue weighted by atomic mass is 10.1. The molecule has 3 aromatic rings. The van der Waals surface area contributed by atoms with E-state index in [1.165, 1.54) is 31.6 Å². The van der Waals surface area contributed by atoms with E-state index in [1.807, 2.05) is 0 Å². The first-order valence-electron chi connectivity index (χ1n) is 8.96. The molecule has 0 saturated carbocycles. The lowest BCUT2D eigenvalue weighted by molar-refractivity contribution is 0.0954. The number of amides is 1. The lowest BCUT2D eigenvalue weighted by Crippen LogP contribution is -2.34. The first-order valence-corrected chi connectivity index (χ1v) is 8.96. The van der Waals surface area contributed by atoms with E-state index in [0.717, 1.165) is 4.57 Å². The first-order chi connectivity index (χ1) is 14.5. The summed E-state index contributed by atoms with van der Waals surface area (Å²) in [5.41, 5.74) is 1.22. The number of hydrogen-bond acceptors (Lipinski definition) is 7. The summed E-state index contributed by atoms with van der Waals surface area (Å²) in [6.07, 6.45) is 3.12. The number of aromatic nitrogens is 3. The molecule has 30 heavy (non-hydrogen) atoms. The number of rotatable bonds is 6. The van der Waals surface area contributed by atoms with Gasteiger partial charge in [0.15, 0.2) is 0 Å². The Balaban J connectivity index is 2.04. The number of aromatic amines is 1. The number of hydrogen-bond donors (Lipinski definition) is 3. The fourth-order valence-corrected chi connectivity index (χ4v) is 2.75. The Bertz CT molecular complexity index is 1200. The van der Waals surface area contributed by atoms with Gasteiger partial charge in [-0.2, -0.15) is 5.10 Å². The molecule has 1 aromatic carbocycles. The van der Waals surface area contributed by atoms with Crippen LogP contribution in [0, 0.1) is 0 Å². The van der Waals surface area contributed by atoms with Crippen LogP contribution >= 0.6 is 0 Å². The van der Waals surface area contributed by atoms with Crippen molar-refractivity contribution in [2.45, 2.75) is 13.3 Å². The van der Waals surface area contributed by atoms with Crippen molar-refractivity contribution < 1.29 is 14.6 Å². The minimum atomic E-state index is -0.818. The highest BCUT2D eigenvalue weighted by atomic mass is 16.5. The van der Waals surface area contributed by atoms with Gasteiger partial charge in [0.2, 0.25) is 5.88 Å². The minimum Gasteiger partial charge on any atom is -0.497 e. The number of nitrogens with one attached hydrogen (secondary N) is 2. The van der Waals surface area contributed by atoms with Gasteiger partial charge in [0.05, 0.1) is 18.5 Å². The number of carbonyl (C=O) groups excluding carboxylic acids is 1. The summed E-state index contributed by atoms with van der Waals surface area (Å²) in [5.74, 6) is -0.541. The maximum atomic E-state index is 12.4. The minimum absolute atomic E-state index is 0.0958. The van der Waals surface area contributed by atoms with Gasteiger partial charge in [-0.15, -0.1) is 0 Å². The predicted molar refractivity (Wildman–Crippen MR) is 109 cm³/mol. The number of aromatic hydroxyl groups is 1. The highest BCUT2D eigenvalue weighted by molar-refractivity contribution is 6.03. The largest absolute Gasteiger partial charge is 0.497 e. The number of benzene rings is 1. The van der Waals surface area contributed by atoms with E-state index in [9.17, 15) is 19.5 Å². The highest BCUT2D eigenvalue weighted by Gasteiger charge is 2.20. The number of ether oxygens (including phenoxy) is 1. The number of hydrazone groups is 1. The van der Waals surface area contributed by atoms with E-state index in [2.05, 4.69) is 20.5 Å². The smallest absolute Gasteiger partial charge is 0.335 e. The van der Waals surface area contributed by atoms with Crippen LogP contribution in [0.15, 0.2) is 63.5 Å². The van der Waals surface area contributed by atoms with Gasteiger partial charge in [0.25, 0.3) is 11.5 Å². The van der Waals surface area contributed by atoms with Crippen molar-refractivity contribution >= 4 is 11.6 Å². The maximum absolute atomic E-state index is 12.4. The van der Waals surface area contributed by atoms with Crippen molar-refractivity contribution in [3.63, 3.8) is 0 Å². The Morgan fingerprint density at radius 2 is 1.87 bits per heavy atom. The molecular formula is C20H19N5O5. The molecule has 3 rings (SSSR count). The lowest BCUT2D eigenvalue weighted by Gasteiger charge is -2.13. The molecule has 0 aliphatic rings. The Morgan fingerprint density at radius 3 is 2.47 bits per heavy atom. The van der Waals surface area contributed by atoms with Gasteiger partial charge in [-0.1, -0.05) is 6.92 Å². The average molecular weight is 409 g/mol. The van der Waals surface area contributed by atoms with Crippen LogP contribution in [0.5, 0.6) is 11.6 Å². The molecule has 0 fully saturated rings. The Morgan fingerprint density at radius 1 is 1.20 bits per heavy atom. The van der Waals surface area contributed by atoms with Gasteiger partial charge < -0.3 is 9.84 Å². The summed E-state index contributed by atoms with van der Waals surface area (Å²) >= 11 is 0. The average Bonchev–Trinajstić information content (AvgIpc) is 2.76. The Labute approximate surface area is 170 Å². The number of nitrogens with zero attached hydrogens (tertiary/aromatic N) is 3. The van der Waals surface area contributed by atoms with Crippen LogP contribution in [-0.4, -0.2) is 38.4 Å². The van der Waals surface area contributed by atoms with Gasteiger partial charge in [-0.3, -0.25) is 19.6 Å². The molecule has 0 bridgehead atoms. The summed E-state index contributed by atoms with van der Waals surface area (Å²) in [6.45, 7) is 1.69. The van der Waals surface area contributed by atoms with Gasteiger partial charge in [0.1, 0.15) is 11.3 Å². The van der Waals surface area contributed by atoms with E-state index in [0.29, 0.717) is 17.0 Å². The second-order valence-electron chi connectivity index (χ2n) is 6.08. The summed E-state index contributed by atoms with van der Waals surface area (Å²) in [6, 6.07) is 9.33. The van der Waals surface area contributed by atoms with Crippen molar-refractivity contribution in [2.75, 3.05) is 7.11 Å². The molecule has 0 unspecified atom stereocenters. The molecular weight excluding hydrogens is 390 g/mol. The molecule has 2 aromatic heterocycles. The zero-order valence-corrected chi connectivity index (χ0v) is 16.2. The van der Waals surface area contributed by atoms with Gasteiger partial charge >= 0.3 is 5.69 Å². The Hall–Kier alpha value is -4.21. The van der Waals surface area contributed by atoms with Crippen LogP contribution in [0.4, 0.5) is 0 Å². The molecule has 3 N–H and O–H groups in total. The van der Waals surface area contributed by atoms with E-state index in [-0.39, 0.29) is 17.7 Å². The molecule has 1 amide bonds. The standard InChI is InChI=1S/C20H19N5O5/c1-3-15(23-24-17(26)12-8-10-21-11-9-12)16-18(27)22-20(29)25(19(16)28)13-4-6-14(30-2)7-5-13/h4-11,28H,3H2,1-2H3,(H,24,26)(H,22,27,29)/b23-15+. The molecule has 0 radical (unpaired) electrons. The molecule has 0 aliphatic carbocycles. The van der Waals surface area contributed by atoms with Gasteiger partial charge in [0, 0.05) is 18.0 Å². The number of carbonyl (C=O) groups is 1. The first kappa shape index (κ1) is 20.5. The second kappa shape index (κ2) is 8.86. The number of methoxy groups -OCH3 is 1. The normalized spacial score (nSPS) is 11.2. The van der Waals surface area contributed by atoms with Crippen LogP contribution in [0.25, 0.3) is 5.69 Å². The summed E-state index contributed by atoms with van der Waals surface area (Å²) in [4.78, 5) is 42.9. The Kier molecular flexibility index (Phi) is 6.06. The van der Waals surface area contributed by atoms with Crippen LogP contribution < -0.4 is 21.4 Å². The van der Waals surface area contributed by atoms with Crippen molar-refractivity contribution in [3.05, 3.63) is 80.8 Å². The van der Waals surface area contributed by atoms with Crippen molar-refractivity contribution in [3.8, 4) is 17.3 Å². The van der Waals surface area contributed by atoms with Crippen LogP contribution in [0.3, 0.4) is 0 Å². The summed E-state index contributed by atoms with van der Waals surface area (Å²) in [5, 5.41) is 14.7. The summed E-state index contributed by atoms with van der Waals surface area (Å²) < 4.78 is 6.02. The van der Waals surface area contributed by atoms with E-state index in [1.54, 1.807) is 31.2 Å². The summed E-state index contributed by atoms with van der Waals surface area (Å²) in [7, 11) is 1.50. The van der Waals surface area contributed by atoms with Gasteiger partial charge in [-0.25, -0.2) is 14.8 Å². The fourth-order valence-electron chi connectivity index (χ4n) is 2.75. The van der Waals surface area contributed by atoms with E-state index >= 15 is 0 Å². The van der Waals surface area contributed by atoms with Crippen molar-refractivity contribution in [1.29, 1.82) is 0 Å². The van der Waals surface area contributed by atoms with Crippen LogP contribution in [0.2, 0.25) is 0 Å². The van der Waals surface area contributed by atoms with Crippen molar-refractivity contribution in [1.82, 2.24) is 20.0 Å². The molecule has 0 spiro atoms. The van der Waals surface area contributed by atoms with E-state index < -0.39 is 23.0 Å². The molecule has 2 heterocycles. The zero-order chi connectivity index (χ0) is 21.7. The number of pyridine rings is 1. The van der Waals surface area contributed by atoms with Crippen molar-refractivity contribution in [2.24, 2.45) is 5.10 Å². The topological polar surface area (TPSA) is 139 Å². The SMILES string of the molecule is CC/C(=N\NC(=O)c1ccncc1)c1c(O)n(-c2ccc(OC)cc2)c(=O)[nH]c1=O. The third-order valence-corrected chi connectivity index (χ3v) is 4.28. The number of H-pyrrole nitrogens is 1. The fraction of sp³-hybridized carbons (Fsp3) is 0.150.